The van der Waals surface area contributed by atoms with E-state index in [1.54, 1.807) is 6.07 Å². The number of hydrogen-bond donors (Lipinski definition) is 2. The zero-order valence-corrected chi connectivity index (χ0v) is 18.8. The Labute approximate surface area is 189 Å². The number of aromatic nitrogens is 2. The number of pyridine rings is 1. The number of rotatable bonds is 5. The third kappa shape index (κ3) is 5.25. The van der Waals surface area contributed by atoms with Gasteiger partial charge in [0.25, 0.3) is 5.91 Å². The van der Waals surface area contributed by atoms with Crippen molar-refractivity contribution in [2.45, 2.75) is 32.9 Å². The van der Waals surface area contributed by atoms with Crippen LogP contribution in [0, 0.1) is 12.8 Å². The van der Waals surface area contributed by atoms with Crippen molar-refractivity contribution >= 4 is 36.4 Å². The number of piperidine rings is 1. The fourth-order valence-electron chi connectivity index (χ4n) is 3.63. The highest BCUT2D eigenvalue weighted by Gasteiger charge is 2.24. The van der Waals surface area contributed by atoms with Crippen molar-refractivity contribution in [3.05, 3.63) is 65.6 Å². The molecule has 1 amide bonds. The largest absolute Gasteiger partial charge is 0.486 e. The van der Waals surface area contributed by atoms with Gasteiger partial charge < -0.3 is 19.8 Å². The number of amides is 1. The Morgan fingerprint density at radius 1 is 1.27 bits per heavy atom. The minimum absolute atomic E-state index is 0. The molecule has 3 aromatic rings. The van der Waals surface area contributed by atoms with Gasteiger partial charge in [0.2, 0.25) is 0 Å². The van der Waals surface area contributed by atoms with E-state index in [9.17, 15) is 4.79 Å². The zero-order valence-electron chi connectivity index (χ0n) is 17.1. The number of nitrogens with one attached hydrogen (secondary N) is 2. The molecular weight excluding hydrogens is 423 g/mol. The number of nitrogens with zero attached hydrogens (tertiary/aromatic N) is 2. The zero-order chi connectivity index (χ0) is 19.5. The molecule has 1 aliphatic heterocycles. The molecule has 3 heterocycles. The second-order valence-electron chi connectivity index (χ2n) is 7.49. The van der Waals surface area contributed by atoms with E-state index >= 15 is 0 Å². The Balaban J connectivity index is 0.00000160. The van der Waals surface area contributed by atoms with Crippen LogP contribution in [0.3, 0.4) is 0 Å². The van der Waals surface area contributed by atoms with Gasteiger partial charge >= 0.3 is 0 Å². The Morgan fingerprint density at radius 2 is 2.07 bits per heavy atom. The summed E-state index contributed by atoms with van der Waals surface area (Å²) in [5.41, 5.74) is 3.42. The van der Waals surface area contributed by atoms with Crippen LogP contribution < -0.4 is 15.4 Å². The number of hydrogen-bond acceptors (Lipinski definition) is 4. The fourth-order valence-corrected chi connectivity index (χ4v) is 3.63. The van der Waals surface area contributed by atoms with Gasteiger partial charge in [-0.3, -0.25) is 4.79 Å². The van der Waals surface area contributed by atoms with E-state index in [4.69, 9.17) is 4.74 Å². The number of carbonyl (C=O) groups excluding carboxylic acids is 1. The minimum Gasteiger partial charge on any atom is -0.486 e. The maximum atomic E-state index is 12.8. The third-order valence-corrected chi connectivity index (χ3v) is 5.38. The molecule has 6 nitrogen and oxygen atoms in total. The predicted octanol–water partition coefficient (Wildman–Crippen LogP) is 3.79. The third-order valence-electron chi connectivity index (χ3n) is 5.38. The maximum absolute atomic E-state index is 12.8. The molecule has 2 N–H and O–H groups in total. The average Bonchev–Trinajstić information content (AvgIpc) is 3.13. The molecule has 1 aliphatic rings. The predicted molar refractivity (Wildman–Crippen MR) is 123 cm³/mol. The first-order valence-corrected chi connectivity index (χ1v) is 9.78. The van der Waals surface area contributed by atoms with E-state index < -0.39 is 0 Å². The van der Waals surface area contributed by atoms with Crippen LogP contribution >= 0.6 is 24.8 Å². The molecule has 30 heavy (non-hydrogen) atoms. The first kappa shape index (κ1) is 24.0. The van der Waals surface area contributed by atoms with Gasteiger partial charge in [0.05, 0.1) is 11.3 Å². The van der Waals surface area contributed by atoms with Gasteiger partial charge in [-0.2, -0.15) is 0 Å². The van der Waals surface area contributed by atoms with Crippen LogP contribution in [-0.2, 0) is 6.61 Å². The molecule has 0 spiro atoms. The van der Waals surface area contributed by atoms with E-state index in [0.717, 1.165) is 36.4 Å². The molecule has 0 aliphatic carbocycles. The number of imidazole rings is 1. The number of carbonyl (C=O) groups is 1. The summed E-state index contributed by atoms with van der Waals surface area (Å²) in [7, 11) is 0. The molecule has 1 fully saturated rings. The number of benzene rings is 1. The minimum atomic E-state index is -0.0954. The average molecular weight is 451 g/mol. The van der Waals surface area contributed by atoms with Crippen molar-refractivity contribution in [3.8, 4) is 5.75 Å². The number of fused-ring (bicyclic) bond motifs is 1. The quantitative estimate of drug-likeness (QED) is 0.620. The standard InChI is InChI=1S/C22H26N4O2.2ClH/c1-15-9-10-23-12-19(15)25-22(27)18-7-3-4-8-20(18)28-14-17-13-26-11-5-6-16(2)21(26)24-17;;/h3-8,11,13,15,19,23H,9-10,12,14H2,1-2H3,(H,25,27);2*1H. The highest BCUT2D eigenvalue weighted by atomic mass is 35.5. The monoisotopic (exact) mass is 450 g/mol. The number of halogens is 2. The van der Waals surface area contributed by atoms with Gasteiger partial charge in [-0.25, -0.2) is 4.98 Å². The summed E-state index contributed by atoms with van der Waals surface area (Å²) in [5.74, 6) is 0.937. The highest BCUT2D eigenvalue weighted by Crippen LogP contribution is 2.21. The number of para-hydroxylation sites is 1. The lowest BCUT2D eigenvalue weighted by Gasteiger charge is -2.30. The molecular formula is C22H28Cl2N4O2. The second kappa shape index (κ2) is 10.7. The van der Waals surface area contributed by atoms with Crippen LogP contribution in [0.2, 0.25) is 0 Å². The Hall–Kier alpha value is -2.28. The van der Waals surface area contributed by atoms with Gasteiger partial charge in [0.1, 0.15) is 18.0 Å². The van der Waals surface area contributed by atoms with E-state index in [1.807, 2.05) is 54.0 Å². The summed E-state index contributed by atoms with van der Waals surface area (Å²) < 4.78 is 7.97. The summed E-state index contributed by atoms with van der Waals surface area (Å²) in [6.45, 7) is 6.34. The Kier molecular flexibility index (Phi) is 8.53. The molecule has 1 saturated heterocycles. The first-order valence-electron chi connectivity index (χ1n) is 9.78. The maximum Gasteiger partial charge on any atom is 0.255 e. The van der Waals surface area contributed by atoms with E-state index in [0.29, 0.717) is 23.8 Å². The molecule has 0 saturated carbocycles. The van der Waals surface area contributed by atoms with Crippen molar-refractivity contribution in [3.63, 3.8) is 0 Å². The van der Waals surface area contributed by atoms with Crippen molar-refractivity contribution in [2.24, 2.45) is 5.92 Å². The number of aryl methyl sites for hydroxylation is 1. The molecule has 162 valence electrons. The molecule has 8 heteroatoms. The molecule has 4 rings (SSSR count). The van der Waals surface area contributed by atoms with E-state index in [-0.39, 0.29) is 36.8 Å². The lowest BCUT2D eigenvalue weighted by atomic mass is 9.94. The van der Waals surface area contributed by atoms with Gasteiger partial charge in [0.15, 0.2) is 0 Å². The summed E-state index contributed by atoms with van der Waals surface area (Å²) in [6.07, 6.45) is 5.00. The lowest BCUT2D eigenvalue weighted by Crippen LogP contribution is -2.50. The van der Waals surface area contributed by atoms with Crippen LogP contribution in [0.5, 0.6) is 5.75 Å². The summed E-state index contributed by atoms with van der Waals surface area (Å²) in [5, 5.41) is 6.50. The van der Waals surface area contributed by atoms with Crippen LogP contribution in [0.1, 0.15) is 35.0 Å². The first-order chi connectivity index (χ1) is 13.6. The molecule has 0 bridgehead atoms. The van der Waals surface area contributed by atoms with Crippen LogP contribution in [0.15, 0.2) is 48.8 Å². The van der Waals surface area contributed by atoms with Gasteiger partial charge in [-0.05, 0) is 49.6 Å². The SMILES string of the molecule is Cc1cccn2cc(COc3ccccc3C(=O)NC3CNCCC3C)nc12.Cl.Cl. The molecule has 2 atom stereocenters. The lowest BCUT2D eigenvalue weighted by molar-refractivity contribution is 0.0910. The van der Waals surface area contributed by atoms with Gasteiger partial charge in [-0.15, -0.1) is 24.8 Å². The molecule has 1 aromatic carbocycles. The smallest absolute Gasteiger partial charge is 0.255 e. The summed E-state index contributed by atoms with van der Waals surface area (Å²) >= 11 is 0. The van der Waals surface area contributed by atoms with Crippen LogP contribution in [0.25, 0.3) is 5.65 Å². The van der Waals surface area contributed by atoms with Crippen molar-refractivity contribution in [1.82, 2.24) is 20.0 Å². The van der Waals surface area contributed by atoms with Crippen LogP contribution in [0.4, 0.5) is 0 Å². The van der Waals surface area contributed by atoms with Crippen molar-refractivity contribution in [1.29, 1.82) is 0 Å². The van der Waals surface area contributed by atoms with Gasteiger partial charge in [-0.1, -0.05) is 25.1 Å². The van der Waals surface area contributed by atoms with E-state index in [2.05, 4.69) is 22.5 Å². The van der Waals surface area contributed by atoms with Crippen molar-refractivity contribution < 1.29 is 9.53 Å². The molecule has 0 radical (unpaired) electrons. The topological polar surface area (TPSA) is 67.7 Å². The normalized spacial score (nSPS) is 18.2. The number of ether oxygens (including phenoxy) is 1. The Bertz CT molecular complexity index is 992. The van der Waals surface area contributed by atoms with Crippen molar-refractivity contribution in [2.75, 3.05) is 13.1 Å². The van der Waals surface area contributed by atoms with Crippen LogP contribution in [-0.4, -0.2) is 34.4 Å². The van der Waals surface area contributed by atoms with Gasteiger partial charge in [0, 0.05) is 25.0 Å². The summed E-state index contributed by atoms with van der Waals surface area (Å²) in [6, 6.07) is 11.5. The summed E-state index contributed by atoms with van der Waals surface area (Å²) in [4.78, 5) is 17.5. The van der Waals surface area contributed by atoms with E-state index in [1.165, 1.54) is 0 Å². The molecule has 2 aromatic heterocycles. The fraction of sp³-hybridized carbons (Fsp3) is 0.364. The Morgan fingerprint density at radius 3 is 2.83 bits per heavy atom. The highest BCUT2D eigenvalue weighted by molar-refractivity contribution is 5.97. The second-order valence-corrected chi connectivity index (χ2v) is 7.49. The molecule has 2 unspecified atom stereocenters.